The Bertz CT molecular complexity index is 399. The average Bonchev–Trinajstić information content (AvgIpc) is 2.39. The first-order valence-corrected chi connectivity index (χ1v) is 6.73. The second-order valence-corrected chi connectivity index (χ2v) is 5.46. The van der Waals surface area contributed by atoms with Gasteiger partial charge in [-0.25, -0.2) is 0 Å². The summed E-state index contributed by atoms with van der Waals surface area (Å²) in [4.78, 5) is 0. The molecule has 1 aromatic carbocycles. The van der Waals surface area contributed by atoms with E-state index in [1.54, 1.807) is 7.11 Å². The smallest absolute Gasteiger partial charge is 0.0662 e. The van der Waals surface area contributed by atoms with Crippen molar-refractivity contribution in [2.45, 2.75) is 37.3 Å². The van der Waals surface area contributed by atoms with E-state index in [9.17, 15) is 5.11 Å². The van der Waals surface area contributed by atoms with Crippen molar-refractivity contribution in [3.05, 3.63) is 29.3 Å². The molecule has 0 aromatic heterocycles. The number of anilines is 1. The number of hydrogen-bond acceptors (Lipinski definition) is 3. The minimum absolute atomic E-state index is 0.110. The van der Waals surface area contributed by atoms with Gasteiger partial charge in [-0.3, -0.25) is 0 Å². The molecule has 0 heterocycles. The van der Waals surface area contributed by atoms with Gasteiger partial charge in [-0.2, -0.15) is 0 Å². The van der Waals surface area contributed by atoms with Crippen molar-refractivity contribution in [1.29, 1.82) is 0 Å². The van der Waals surface area contributed by atoms with Crippen molar-refractivity contribution in [2.75, 3.05) is 19.0 Å². The predicted octanol–water partition coefficient (Wildman–Crippen LogP) is 3.07. The van der Waals surface area contributed by atoms with E-state index in [1.165, 1.54) is 0 Å². The molecule has 100 valence electrons. The van der Waals surface area contributed by atoms with Crippen molar-refractivity contribution in [2.24, 2.45) is 0 Å². The number of hydrogen-bond donors (Lipinski definition) is 2. The fourth-order valence-electron chi connectivity index (χ4n) is 2.68. The normalized spacial score (nSPS) is 28.1. The number of aliphatic hydroxyl groups is 1. The van der Waals surface area contributed by atoms with E-state index in [-0.39, 0.29) is 18.2 Å². The van der Waals surface area contributed by atoms with Crippen molar-refractivity contribution < 1.29 is 9.84 Å². The molecule has 2 N–H and O–H groups in total. The third-order valence-corrected chi connectivity index (χ3v) is 3.91. The van der Waals surface area contributed by atoms with Crippen LogP contribution in [0.3, 0.4) is 0 Å². The molecule has 0 spiro atoms. The highest BCUT2D eigenvalue weighted by molar-refractivity contribution is 6.30. The number of nitrogens with one attached hydrogen (secondary N) is 1. The van der Waals surface area contributed by atoms with E-state index in [2.05, 4.69) is 5.32 Å². The zero-order valence-corrected chi connectivity index (χ0v) is 11.4. The van der Waals surface area contributed by atoms with E-state index in [1.807, 2.05) is 24.3 Å². The maximum absolute atomic E-state index is 9.73. The quantitative estimate of drug-likeness (QED) is 0.883. The van der Waals surface area contributed by atoms with E-state index >= 15 is 0 Å². The Kier molecular flexibility index (Phi) is 4.49. The first-order valence-electron chi connectivity index (χ1n) is 6.35. The minimum Gasteiger partial charge on any atom is -0.394 e. The minimum atomic E-state index is -0.288. The van der Waals surface area contributed by atoms with Crippen LogP contribution in [-0.4, -0.2) is 30.5 Å². The summed E-state index contributed by atoms with van der Waals surface area (Å²) in [7, 11) is 1.73. The highest BCUT2D eigenvalue weighted by Crippen LogP contribution is 2.33. The highest BCUT2D eigenvalue weighted by atomic mass is 35.5. The second-order valence-electron chi connectivity index (χ2n) is 5.03. The summed E-state index contributed by atoms with van der Waals surface area (Å²) in [6, 6.07) is 7.61. The van der Waals surface area contributed by atoms with Crippen LogP contribution in [0.5, 0.6) is 0 Å². The van der Waals surface area contributed by atoms with Crippen LogP contribution in [0.2, 0.25) is 5.02 Å². The zero-order chi connectivity index (χ0) is 13.0. The van der Waals surface area contributed by atoms with Gasteiger partial charge in [0.1, 0.15) is 0 Å². The summed E-state index contributed by atoms with van der Waals surface area (Å²) >= 11 is 5.98. The summed E-state index contributed by atoms with van der Waals surface area (Å²) in [5, 5.41) is 13.9. The number of benzene rings is 1. The maximum atomic E-state index is 9.73. The van der Waals surface area contributed by atoms with Gasteiger partial charge in [0, 0.05) is 17.8 Å². The molecule has 18 heavy (non-hydrogen) atoms. The van der Waals surface area contributed by atoms with Crippen molar-refractivity contribution in [1.82, 2.24) is 0 Å². The molecule has 0 aliphatic heterocycles. The Morgan fingerprint density at radius 2 is 2.39 bits per heavy atom. The molecule has 1 aromatic rings. The maximum Gasteiger partial charge on any atom is 0.0662 e. The van der Waals surface area contributed by atoms with Gasteiger partial charge in [0.15, 0.2) is 0 Å². The van der Waals surface area contributed by atoms with Crippen LogP contribution < -0.4 is 5.32 Å². The molecular formula is C14H20ClNO2. The predicted molar refractivity (Wildman–Crippen MR) is 74.2 cm³/mol. The third-order valence-electron chi connectivity index (χ3n) is 3.67. The number of rotatable bonds is 4. The summed E-state index contributed by atoms with van der Waals surface area (Å²) in [6.07, 6.45) is 4.13. The number of ether oxygens (including phenoxy) is 1. The molecule has 0 amide bonds. The van der Waals surface area contributed by atoms with Gasteiger partial charge in [-0.15, -0.1) is 0 Å². The lowest BCUT2D eigenvalue weighted by Gasteiger charge is -2.40. The highest BCUT2D eigenvalue weighted by Gasteiger charge is 2.35. The molecular weight excluding hydrogens is 250 g/mol. The lowest BCUT2D eigenvalue weighted by Crippen LogP contribution is -2.48. The van der Waals surface area contributed by atoms with E-state index in [0.29, 0.717) is 5.02 Å². The first-order chi connectivity index (χ1) is 8.67. The van der Waals surface area contributed by atoms with Gasteiger partial charge in [-0.05, 0) is 43.9 Å². The van der Waals surface area contributed by atoms with Gasteiger partial charge in [-0.1, -0.05) is 17.7 Å². The van der Waals surface area contributed by atoms with Crippen LogP contribution in [0.1, 0.15) is 25.7 Å². The molecule has 1 aliphatic carbocycles. The Hall–Kier alpha value is -0.770. The molecule has 3 nitrogen and oxygen atoms in total. The zero-order valence-electron chi connectivity index (χ0n) is 10.7. The van der Waals surface area contributed by atoms with Crippen LogP contribution in [-0.2, 0) is 4.74 Å². The van der Waals surface area contributed by atoms with Gasteiger partial charge in [0.05, 0.1) is 18.2 Å². The summed E-state index contributed by atoms with van der Waals surface area (Å²) in [6.45, 7) is 0.110. The fraction of sp³-hybridized carbons (Fsp3) is 0.571. The molecule has 2 unspecified atom stereocenters. The largest absolute Gasteiger partial charge is 0.394 e. The number of aliphatic hydroxyl groups excluding tert-OH is 1. The lowest BCUT2D eigenvalue weighted by atomic mass is 9.80. The monoisotopic (exact) mass is 269 g/mol. The summed E-state index contributed by atoms with van der Waals surface area (Å²) in [5.41, 5.74) is 0.664. The Morgan fingerprint density at radius 1 is 1.56 bits per heavy atom. The SMILES string of the molecule is COC1CCCC(CO)(Nc2cccc(Cl)c2)C1. The molecule has 1 aliphatic rings. The molecule has 0 radical (unpaired) electrons. The molecule has 1 saturated carbocycles. The summed E-state index contributed by atoms with van der Waals surface area (Å²) < 4.78 is 5.43. The molecule has 2 rings (SSSR count). The third kappa shape index (κ3) is 3.16. The standard InChI is InChI=1S/C14H20ClNO2/c1-18-13-6-3-7-14(9-13,10-17)16-12-5-2-4-11(15)8-12/h2,4-5,8,13,16-17H,3,6-7,9-10H2,1H3. The topological polar surface area (TPSA) is 41.5 Å². The van der Waals surface area contributed by atoms with Crippen LogP contribution >= 0.6 is 11.6 Å². The summed E-state index contributed by atoms with van der Waals surface area (Å²) in [5.74, 6) is 0. The van der Waals surface area contributed by atoms with Crippen molar-refractivity contribution in [3.63, 3.8) is 0 Å². The van der Waals surface area contributed by atoms with Crippen LogP contribution in [0.25, 0.3) is 0 Å². The van der Waals surface area contributed by atoms with Crippen LogP contribution in [0, 0.1) is 0 Å². The Balaban J connectivity index is 2.12. The van der Waals surface area contributed by atoms with Crippen LogP contribution in [0.15, 0.2) is 24.3 Å². The van der Waals surface area contributed by atoms with Gasteiger partial charge in [0.2, 0.25) is 0 Å². The van der Waals surface area contributed by atoms with Crippen LogP contribution in [0.4, 0.5) is 5.69 Å². The molecule has 0 saturated heterocycles. The molecule has 1 fully saturated rings. The molecule has 2 atom stereocenters. The second kappa shape index (κ2) is 5.91. The van der Waals surface area contributed by atoms with Gasteiger partial charge >= 0.3 is 0 Å². The fourth-order valence-corrected chi connectivity index (χ4v) is 2.87. The van der Waals surface area contributed by atoms with Crippen molar-refractivity contribution in [3.8, 4) is 0 Å². The van der Waals surface area contributed by atoms with E-state index in [0.717, 1.165) is 31.4 Å². The first kappa shape index (κ1) is 13.7. The van der Waals surface area contributed by atoms with Crippen molar-refractivity contribution >= 4 is 17.3 Å². The molecule has 4 heteroatoms. The number of methoxy groups -OCH3 is 1. The van der Waals surface area contributed by atoms with Gasteiger partial charge in [0.25, 0.3) is 0 Å². The van der Waals surface area contributed by atoms with Gasteiger partial charge < -0.3 is 15.2 Å². The number of halogens is 1. The van der Waals surface area contributed by atoms with E-state index in [4.69, 9.17) is 16.3 Å². The lowest BCUT2D eigenvalue weighted by molar-refractivity contribution is 0.0307. The Morgan fingerprint density at radius 3 is 3.06 bits per heavy atom. The van der Waals surface area contributed by atoms with E-state index < -0.39 is 0 Å². The average molecular weight is 270 g/mol. The Labute approximate surface area is 113 Å². The molecule has 0 bridgehead atoms.